The van der Waals surface area contributed by atoms with Gasteiger partial charge < -0.3 is 14.4 Å². The minimum absolute atomic E-state index is 0.105. The normalized spacial score (nSPS) is 24.7. The second-order valence-electron chi connectivity index (χ2n) is 5.85. The smallest absolute Gasteiger partial charge is 0.498 e. The Morgan fingerprint density at radius 2 is 1.50 bits per heavy atom. The Morgan fingerprint density at radius 3 is 2.05 bits per heavy atom. The number of benzene rings is 2. The lowest BCUT2D eigenvalue weighted by atomic mass is 9.77. The Balaban J connectivity index is 2.37. The van der Waals surface area contributed by atoms with Crippen LogP contribution in [0.3, 0.4) is 0 Å². The highest BCUT2D eigenvalue weighted by molar-refractivity contribution is 6.63. The van der Waals surface area contributed by atoms with Gasteiger partial charge in [-0.15, -0.1) is 0 Å². The van der Waals surface area contributed by atoms with Crippen LogP contribution in [0, 0.1) is 0 Å². The summed E-state index contributed by atoms with van der Waals surface area (Å²) in [5.74, 6) is -0.578. The molecule has 3 nitrogen and oxygen atoms in total. The van der Waals surface area contributed by atoms with Crippen LogP contribution in [0.1, 0.15) is 35.9 Å². The Hall–Kier alpha value is -1.52. The molecule has 0 aromatic heterocycles. The van der Waals surface area contributed by atoms with Crippen LogP contribution in [0.2, 0.25) is 0 Å². The maximum absolute atomic E-state index is 10.5. The lowest BCUT2D eigenvalue weighted by molar-refractivity contribution is 0.00578. The molecule has 3 rings (SSSR count). The van der Waals surface area contributed by atoms with Crippen LogP contribution in [0.5, 0.6) is 5.75 Å². The lowest BCUT2D eigenvalue weighted by Crippen LogP contribution is -2.41. The molecule has 2 aromatic carbocycles. The van der Waals surface area contributed by atoms with Gasteiger partial charge in [-0.3, -0.25) is 0 Å². The standard InChI is InChI=1S/C16H19BO3/c1-15(2)16(3,4)20-17(19-15)13-9-11-7-5-6-8-12(11)10-14(13)18/h5-10,18H,1-4H3/i5D,6D,7D,8D,9D,10D. The summed E-state index contributed by atoms with van der Waals surface area (Å²) in [5.41, 5.74) is -1.57. The van der Waals surface area contributed by atoms with Gasteiger partial charge in [-0.2, -0.15) is 0 Å². The van der Waals surface area contributed by atoms with Crippen LogP contribution in [0.15, 0.2) is 36.3 Å². The average Bonchev–Trinajstić information content (AvgIpc) is 2.74. The molecule has 4 heteroatoms. The summed E-state index contributed by atoms with van der Waals surface area (Å²) < 4.78 is 60.1. The van der Waals surface area contributed by atoms with Crippen molar-refractivity contribution in [3.8, 4) is 5.75 Å². The summed E-state index contributed by atoms with van der Waals surface area (Å²) in [6, 6.07) is -2.72. The quantitative estimate of drug-likeness (QED) is 0.814. The number of phenols is 1. The predicted molar refractivity (Wildman–Crippen MR) is 81.3 cm³/mol. The molecule has 0 bridgehead atoms. The van der Waals surface area contributed by atoms with Crippen LogP contribution < -0.4 is 5.46 Å². The van der Waals surface area contributed by atoms with Gasteiger partial charge in [0, 0.05) is 5.46 Å². The Kier molecular flexibility index (Phi) is 1.71. The molecule has 1 fully saturated rings. The van der Waals surface area contributed by atoms with Crippen molar-refractivity contribution in [1.82, 2.24) is 0 Å². The first-order chi connectivity index (χ1) is 11.8. The van der Waals surface area contributed by atoms with Crippen molar-refractivity contribution in [2.75, 3.05) is 0 Å². The van der Waals surface area contributed by atoms with E-state index >= 15 is 0 Å². The highest BCUT2D eigenvalue weighted by Crippen LogP contribution is 2.37. The topological polar surface area (TPSA) is 38.7 Å². The van der Waals surface area contributed by atoms with Crippen LogP contribution in [-0.2, 0) is 9.31 Å². The number of hydrogen-bond donors (Lipinski definition) is 1. The van der Waals surface area contributed by atoms with Gasteiger partial charge in [0.2, 0.25) is 0 Å². The van der Waals surface area contributed by atoms with Crippen LogP contribution in [0.25, 0.3) is 10.8 Å². The summed E-state index contributed by atoms with van der Waals surface area (Å²) in [6.07, 6.45) is 0. The number of phenolic OH excluding ortho intramolecular Hbond substituents is 1. The molecular formula is C16H19BO3. The van der Waals surface area contributed by atoms with Gasteiger partial charge >= 0.3 is 7.12 Å². The number of aromatic hydroxyl groups is 1. The molecule has 0 saturated carbocycles. The van der Waals surface area contributed by atoms with Gasteiger partial charge in [0.25, 0.3) is 0 Å². The van der Waals surface area contributed by atoms with E-state index in [1.165, 1.54) is 0 Å². The first-order valence-electron chi connectivity index (χ1n) is 9.39. The van der Waals surface area contributed by atoms with E-state index in [1.807, 2.05) is 27.7 Å². The summed E-state index contributed by atoms with van der Waals surface area (Å²) in [7, 11) is -1.13. The second kappa shape index (κ2) is 4.24. The molecule has 2 aromatic rings. The van der Waals surface area contributed by atoms with E-state index in [1.54, 1.807) is 0 Å². The molecule has 1 aliphatic rings. The minimum atomic E-state index is -1.13. The summed E-state index contributed by atoms with van der Waals surface area (Å²) in [4.78, 5) is 0. The molecule has 0 atom stereocenters. The van der Waals surface area contributed by atoms with Gasteiger partial charge in [0.15, 0.2) is 0 Å². The Bertz CT molecular complexity index is 928. The highest BCUT2D eigenvalue weighted by Gasteiger charge is 2.52. The van der Waals surface area contributed by atoms with Crippen molar-refractivity contribution >= 4 is 23.4 Å². The Morgan fingerprint density at radius 1 is 1.00 bits per heavy atom. The van der Waals surface area contributed by atoms with Crippen LogP contribution in [0.4, 0.5) is 0 Å². The third-order valence-corrected chi connectivity index (χ3v) is 3.93. The van der Waals surface area contributed by atoms with E-state index < -0.39 is 54.3 Å². The van der Waals surface area contributed by atoms with Crippen molar-refractivity contribution in [2.45, 2.75) is 38.9 Å². The fourth-order valence-electron chi connectivity index (χ4n) is 2.01. The van der Waals surface area contributed by atoms with Gasteiger partial charge in [0.05, 0.1) is 19.4 Å². The molecule has 104 valence electrons. The van der Waals surface area contributed by atoms with Crippen molar-refractivity contribution in [3.05, 3.63) is 36.3 Å². The van der Waals surface area contributed by atoms with Gasteiger partial charge in [-0.1, -0.05) is 30.2 Å². The third kappa shape index (κ3) is 2.00. The predicted octanol–water partition coefficient (Wildman–Crippen LogP) is 2.84. The van der Waals surface area contributed by atoms with E-state index in [0.29, 0.717) is 0 Å². The molecule has 0 amide bonds. The molecule has 1 N–H and O–H groups in total. The first-order valence-corrected chi connectivity index (χ1v) is 6.39. The summed E-state index contributed by atoms with van der Waals surface area (Å²) >= 11 is 0. The summed E-state index contributed by atoms with van der Waals surface area (Å²) in [5, 5.41) is 10.2. The monoisotopic (exact) mass is 276 g/mol. The summed E-state index contributed by atoms with van der Waals surface area (Å²) in [6.45, 7) is 7.23. The van der Waals surface area contributed by atoms with Crippen LogP contribution >= 0.6 is 0 Å². The lowest BCUT2D eigenvalue weighted by Gasteiger charge is -2.32. The molecule has 0 aliphatic carbocycles. The van der Waals surface area contributed by atoms with Crippen LogP contribution in [-0.4, -0.2) is 23.4 Å². The zero-order valence-electron chi connectivity index (χ0n) is 17.8. The molecule has 1 heterocycles. The fourth-order valence-corrected chi connectivity index (χ4v) is 2.01. The van der Waals surface area contributed by atoms with E-state index in [0.717, 1.165) is 0 Å². The van der Waals surface area contributed by atoms with Crippen molar-refractivity contribution in [2.24, 2.45) is 0 Å². The first kappa shape index (κ1) is 8.06. The molecule has 1 aliphatic heterocycles. The maximum Gasteiger partial charge on any atom is 0.498 e. The van der Waals surface area contributed by atoms with E-state index in [2.05, 4.69) is 0 Å². The van der Waals surface area contributed by atoms with Crippen molar-refractivity contribution in [3.63, 3.8) is 0 Å². The van der Waals surface area contributed by atoms with E-state index in [-0.39, 0.29) is 22.3 Å². The second-order valence-corrected chi connectivity index (χ2v) is 5.85. The van der Waals surface area contributed by atoms with Crippen molar-refractivity contribution < 1.29 is 22.6 Å². The van der Waals surface area contributed by atoms with Crippen molar-refractivity contribution in [1.29, 1.82) is 0 Å². The molecular weight excluding hydrogens is 251 g/mol. The molecule has 20 heavy (non-hydrogen) atoms. The number of fused-ring (bicyclic) bond motifs is 1. The maximum atomic E-state index is 10.5. The third-order valence-electron chi connectivity index (χ3n) is 3.93. The zero-order chi connectivity index (χ0) is 19.8. The number of rotatable bonds is 1. The van der Waals surface area contributed by atoms with Gasteiger partial charge in [-0.25, -0.2) is 0 Å². The Labute approximate surface area is 128 Å². The molecule has 0 radical (unpaired) electrons. The minimum Gasteiger partial charge on any atom is -0.508 e. The SMILES string of the molecule is [2H]c1c([2H])c([2H])c2c([2H])c(B3OC(C)(C)C(C)(C)O3)c(O)c([2H])c2c1[2H]. The number of hydrogen-bond acceptors (Lipinski definition) is 3. The molecule has 0 spiro atoms. The van der Waals surface area contributed by atoms with Gasteiger partial charge in [-0.05, 0) is 44.5 Å². The average molecular weight is 276 g/mol. The van der Waals surface area contributed by atoms with E-state index in [4.69, 9.17) is 17.5 Å². The van der Waals surface area contributed by atoms with E-state index in [9.17, 15) is 5.11 Å². The van der Waals surface area contributed by atoms with Gasteiger partial charge in [0.1, 0.15) is 5.75 Å². The molecule has 1 saturated heterocycles. The highest BCUT2D eigenvalue weighted by atomic mass is 16.7. The molecule has 0 unspecified atom stereocenters. The zero-order valence-corrected chi connectivity index (χ0v) is 11.8. The largest absolute Gasteiger partial charge is 0.508 e. The fraction of sp³-hybridized carbons (Fsp3) is 0.375.